The molecule has 0 bridgehead atoms. The third-order valence-corrected chi connectivity index (χ3v) is 5.68. The van der Waals surface area contributed by atoms with Crippen LogP contribution < -0.4 is 24.8 Å². The van der Waals surface area contributed by atoms with Gasteiger partial charge in [-0.1, -0.05) is 6.07 Å². The van der Waals surface area contributed by atoms with Gasteiger partial charge in [0.05, 0.1) is 18.0 Å². The topological polar surface area (TPSA) is 123 Å². The highest BCUT2D eigenvalue weighted by Crippen LogP contribution is 2.29. The molecule has 32 heavy (non-hydrogen) atoms. The molecule has 2 rings (SSSR count). The van der Waals surface area contributed by atoms with Crippen molar-refractivity contribution >= 4 is 27.5 Å². The zero-order chi connectivity index (χ0) is 23.9. The molecule has 0 aliphatic rings. The fourth-order valence-electron chi connectivity index (χ4n) is 2.64. The SMILES string of the molecule is COc1ccc(CNC(=O)[C@H](C)NS(=O)(=O)c2ccc(NC(C)=O)cc2)cc1OC(F)F. The van der Waals surface area contributed by atoms with Gasteiger partial charge in [-0.3, -0.25) is 9.59 Å². The molecule has 0 aliphatic heterocycles. The van der Waals surface area contributed by atoms with Crippen molar-refractivity contribution in [3.63, 3.8) is 0 Å². The van der Waals surface area contributed by atoms with E-state index in [-0.39, 0.29) is 28.8 Å². The summed E-state index contributed by atoms with van der Waals surface area (Å²) in [6.45, 7) is -0.418. The summed E-state index contributed by atoms with van der Waals surface area (Å²) in [5, 5.41) is 5.04. The molecule has 2 aromatic carbocycles. The molecular formula is C20H23F2N3O6S. The zero-order valence-corrected chi connectivity index (χ0v) is 18.3. The minimum Gasteiger partial charge on any atom is -0.493 e. The smallest absolute Gasteiger partial charge is 0.387 e. The lowest BCUT2D eigenvalue weighted by Gasteiger charge is -2.16. The van der Waals surface area contributed by atoms with Gasteiger partial charge in [0.1, 0.15) is 0 Å². The summed E-state index contributed by atoms with van der Waals surface area (Å²) in [6.07, 6.45) is 0. The van der Waals surface area contributed by atoms with Crippen LogP contribution in [0.2, 0.25) is 0 Å². The Labute approximate surface area is 184 Å². The normalized spacial score (nSPS) is 12.2. The number of halogens is 2. The van der Waals surface area contributed by atoms with Crippen LogP contribution in [-0.4, -0.2) is 40.0 Å². The number of rotatable bonds is 10. The highest BCUT2D eigenvalue weighted by atomic mass is 32.2. The highest BCUT2D eigenvalue weighted by Gasteiger charge is 2.22. The Morgan fingerprint density at radius 1 is 1.06 bits per heavy atom. The Morgan fingerprint density at radius 3 is 2.28 bits per heavy atom. The Kier molecular flexibility index (Phi) is 8.49. The number of benzene rings is 2. The number of nitrogens with one attached hydrogen (secondary N) is 3. The molecule has 2 amide bonds. The molecule has 0 radical (unpaired) electrons. The van der Waals surface area contributed by atoms with Crippen molar-refractivity contribution in [2.75, 3.05) is 12.4 Å². The van der Waals surface area contributed by atoms with Crippen molar-refractivity contribution < 1.29 is 36.3 Å². The van der Waals surface area contributed by atoms with Crippen LogP contribution in [0.4, 0.5) is 14.5 Å². The molecule has 0 fully saturated rings. The van der Waals surface area contributed by atoms with E-state index in [4.69, 9.17) is 4.74 Å². The molecule has 12 heteroatoms. The average molecular weight is 471 g/mol. The van der Waals surface area contributed by atoms with Crippen molar-refractivity contribution in [3.05, 3.63) is 48.0 Å². The van der Waals surface area contributed by atoms with Crippen LogP contribution in [0, 0.1) is 0 Å². The quantitative estimate of drug-likeness (QED) is 0.489. The molecule has 0 heterocycles. The maximum Gasteiger partial charge on any atom is 0.387 e. The van der Waals surface area contributed by atoms with E-state index in [1.54, 1.807) is 6.07 Å². The molecule has 0 unspecified atom stereocenters. The van der Waals surface area contributed by atoms with Crippen LogP contribution in [0.25, 0.3) is 0 Å². The molecule has 0 saturated carbocycles. The van der Waals surface area contributed by atoms with Gasteiger partial charge >= 0.3 is 6.61 Å². The van der Waals surface area contributed by atoms with Crippen LogP contribution in [0.5, 0.6) is 11.5 Å². The lowest BCUT2D eigenvalue weighted by Crippen LogP contribution is -2.44. The van der Waals surface area contributed by atoms with E-state index >= 15 is 0 Å². The van der Waals surface area contributed by atoms with Gasteiger partial charge in [-0.2, -0.15) is 13.5 Å². The monoisotopic (exact) mass is 471 g/mol. The van der Waals surface area contributed by atoms with Crippen LogP contribution in [0.15, 0.2) is 47.4 Å². The van der Waals surface area contributed by atoms with Crippen molar-refractivity contribution in [1.29, 1.82) is 0 Å². The van der Waals surface area contributed by atoms with Crippen molar-refractivity contribution in [2.45, 2.75) is 37.9 Å². The van der Waals surface area contributed by atoms with E-state index in [2.05, 4.69) is 20.1 Å². The van der Waals surface area contributed by atoms with E-state index in [9.17, 15) is 26.8 Å². The zero-order valence-electron chi connectivity index (χ0n) is 17.5. The summed E-state index contributed by atoms with van der Waals surface area (Å²) >= 11 is 0. The molecule has 0 aliphatic carbocycles. The van der Waals surface area contributed by atoms with Gasteiger partial charge in [0.15, 0.2) is 11.5 Å². The molecule has 3 N–H and O–H groups in total. The molecule has 0 saturated heterocycles. The number of hydrogen-bond acceptors (Lipinski definition) is 6. The molecule has 0 spiro atoms. The van der Waals surface area contributed by atoms with Gasteiger partial charge in [0.2, 0.25) is 21.8 Å². The van der Waals surface area contributed by atoms with E-state index in [0.717, 1.165) is 0 Å². The second-order valence-corrected chi connectivity index (χ2v) is 8.34. The molecular weight excluding hydrogens is 448 g/mol. The van der Waals surface area contributed by atoms with Crippen molar-refractivity contribution in [3.8, 4) is 11.5 Å². The van der Waals surface area contributed by atoms with Crippen LogP contribution in [0.1, 0.15) is 19.4 Å². The molecule has 2 aromatic rings. The number of carbonyl (C=O) groups excluding carboxylic acids is 2. The number of alkyl halides is 2. The number of sulfonamides is 1. The van der Waals surface area contributed by atoms with Crippen LogP contribution in [-0.2, 0) is 26.2 Å². The summed E-state index contributed by atoms with van der Waals surface area (Å²) < 4.78 is 61.6. The third-order valence-electron chi connectivity index (χ3n) is 4.12. The predicted molar refractivity (Wildman–Crippen MR) is 112 cm³/mol. The lowest BCUT2D eigenvalue weighted by molar-refractivity contribution is -0.122. The minimum absolute atomic E-state index is 0.0556. The second kappa shape index (κ2) is 10.9. The van der Waals surface area contributed by atoms with Gasteiger partial charge in [-0.15, -0.1) is 0 Å². The Hall–Kier alpha value is -3.25. The highest BCUT2D eigenvalue weighted by molar-refractivity contribution is 7.89. The summed E-state index contributed by atoms with van der Waals surface area (Å²) in [7, 11) is -2.70. The fraction of sp³-hybridized carbons (Fsp3) is 0.300. The van der Waals surface area contributed by atoms with Gasteiger partial charge in [0.25, 0.3) is 0 Å². The first-order valence-corrected chi connectivity index (χ1v) is 10.8. The first-order valence-electron chi connectivity index (χ1n) is 9.31. The number of hydrogen-bond donors (Lipinski definition) is 3. The Morgan fingerprint density at radius 2 is 1.72 bits per heavy atom. The number of methoxy groups -OCH3 is 1. The first kappa shape index (κ1) is 25.0. The first-order chi connectivity index (χ1) is 15.0. The minimum atomic E-state index is -4.01. The summed E-state index contributed by atoms with van der Waals surface area (Å²) in [5.41, 5.74) is 0.871. The van der Waals surface area contributed by atoms with Crippen molar-refractivity contribution in [1.82, 2.24) is 10.0 Å². The largest absolute Gasteiger partial charge is 0.493 e. The van der Waals surface area contributed by atoms with E-state index in [0.29, 0.717) is 11.3 Å². The van der Waals surface area contributed by atoms with Gasteiger partial charge in [-0.25, -0.2) is 8.42 Å². The maximum absolute atomic E-state index is 12.5. The molecule has 9 nitrogen and oxygen atoms in total. The van der Waals surface area contributed by atoms with Crippen LogP contribution >= 0.6 is 0 Å². The lowest BCUT2D eigenvalue weighted by atomic mass is 10.2. The van der Waals surface area contributed by atoms with Gasteiger partial charge in [-0.05, 0) is 48.9 Å². The van der Waals surface area contributed by atoms with E-state index in [1.165, 1.54) is 57.4 Å². The number of anilines is 1. The van der Waals surface area contributed by atoms with E-state index < -0.39 is 28.6 Å². The van der Waals surface area contributed by atoms with E-state index in [1.807, 2.05) is 0 Å². The summed E-state index contributed by atoms with van der Waals surface area (Å²) in [6, 6.07) is 8.55. The standard InChI is InChI=1S/C20H23F2N3O6S/c1-12(25-32(28,29)16-7-5-15(6-8-16)24-13(2)26)19(27)23-11-14-4-9-17(30-3)18(10-14)31-20(21)22/h4-10,12,20,25H,11H2,1-3H3,(H,23,27)(H,24,26)/t12-/m0/s1. The summed E-state index contributed by atoms with van der Waals surface area (Å²) in [4.78, 5) is 23.3. The van der Waals surface area contributed by atoms with Gasteiger partial charge in [0, 0.05) is 19.2 Å². The van der Waals surface area contributed by atoms with Crippen molar-refractivity contribution in [2.24, 2.45) is 0 Å². The third kappa shape index (κ3) is 7.17. The number of ether oxygens (including phenoxy) is 2. The Balaban J connectivity index is 1.99. The average Bonchev–Trinajstić information content (AvgIpc) is 2.71. The fourth-order valence-corrected chi connectivity index (χ4v) is 3.84. The Bertz CT molecular complexity index is 1060. The second-order valence-electron chi connectivity index (χ2n) is 6.63. The molecule has 174 valence electrons. The van der Waals surface area contributed by atoms with Gasteiger partial charge < -0.3 is 20.1 Å². The molecule has 1 atom stereocenters. The maximum atomic E-state index is 12.5. The predicted octanol–water partition coefficient (Wildman–Crippen LogP) is 2.24. The summed E-state index contributed by atoms with van der Waals surface area (Å²) in [5.74, 6) is -1.01. The van der Waals surface area contributed by atoms with Crippen LogP contribution in [0.3, 0.4) is 0 Å². The number of carbonyl (C=O) groups is 2. The number of amides is 2. The molecule has 0 aromatic heterocycles.